The molecule has 5 heteroatoms. The van der Waals surface area contributed by atoms with E-state index in [1.165, 1.54) is 19.4 Å². The summed E-state index contributed by atoms with van der Waals surface area (Å²) in [6.45, 7) is 8.00. The van der Waals surface area contributed by atoms with Gasteiger partial charge in [0.1, 0.15) is 0 Å². The number of aromatic nitrogens is 2. The molecule has 0 aliphatic rings. The standard InChI is InChI=1S/C13H15N4.W/c1-5-9(2)11(4)10(3)8-17-13(15)6-12(7-14)16-17;/h6H,15H2,1-4H3;/q-1;/b11-10-;. The van der Waals surface area contributed by atoms with Crippen LogP contribution in [0, 0.1) is 17.4 Å². The Balaban J connectivity index is 3.23. The summed E-state index contributed by atoms with van der Waals surface area (Å²) in [6.07, 6.45) is 3.12. The van der Waals surface area contributed by atoms with E-state index in [-0.39, 0.29) is 0 Å². The maximum atomic E-state index is 8.82. The van der Waals surface area contributed by atoms with Gasteiger partial charge in [-0.2, -0.15) is 0 Å². The van der Waals surface area contributed by atoms with Crippen molar-refractivity contribution >= 4 is 9.84 Å². The summed E-state index contributed by atoms with van der Waals surface area (Å²) in [5.74, 6) is 0.491. The van der Waals surface area contributed by atoms with Crippen molar-refractivity contribution in [3.8, 4) is 6.07 Å². The minimum absolute atomic E-state index is 0.339. The Hall–Kier alpha value is -1.46. The molecule has 1 rings (SSSR count). The normalized spacial score (nSPS) is 12.9. The van der Waals surface area contributed by atoms with Gasteiger partial charge in [0.05, 0.1) is 0 Å². The number of allylic oxidation sites excluding steroid dienone is 4. The molecule has 0 fully saturated rings. The van der Waals surface area contributed by atoms with Crippen molar-refractivity contribution in [2.24, 2.45) is 0 Å². The number of hydrogen-bond acceptors (Lipinski definition) is 3. The zero-order valence-electron chi connectivity index (χ0n) is 10.9. The third-order valence-corrected chi connectivity index (χ3v) is 4.59. The van der Waals surface area contributed by atoms with Gasteiger partial charge in [-0.25, -0.2) is 0 Å². The second kappa shape index (κ2) is 5.93. The zero-order chi connectivity index (χ0) is 13.9. The predicted octanol–water partition coefficient (Wildman–Crippen LogP) is 1.97. The first-order valence-corrected chi connectivity index (χ1v) is 6.88. The summed E-state index contributed by atoms with van der Waals surface area (Å²) in [7, 11) is 0. The van der Waals surface area contributed by atoms with Gasteiger partial charge < -0.3 is 0 Å². The van der Waals surface area contributed by atoms with E-state index in [9.17, 15) is 0 Å². The van der Waals surface area contributed by atoms with Gasteiger partial charge in [0.15, 0.2) is 0 Å². The second-order valence-electron chi connectivity index (χ2n) is 3.91. The molecule has 4 nitrogen and oxygen atoms in total. The van der Waals surface area contributed by atoms with Crippen molar-refractivity contribution < 1.29 is 19.4 Å². The summed E-state index contributed by atoms with van der Waals surface area (Å²) < 4.78 is 2.64. The van der Waals surface area contributed by atoms with Gasteiger partial charge in [-0.05, 0) is 0 Å². The molecular formula is C13H15N4W-. The zero-order valence-corrected chi connectivity index (χ0v) is 13.8. The van der Waals surface area contributed by atoms with Gasteiger partial charge in [-0.3, -0.25) is 0 Å². The fourth-order valence-corrected chi connectivity index (χ4v) is 2.48. The van der Waals surface area contributed by atoms with Crippen molar-refractivity contribution in [2.75, 3.05) is 5.73 Å². The molecule has 0 radical (unpaired) electrons. The van der Waals surface area contributed by atoms with Crippen molar-refractivity contribution in [1.29, 1.82) is 5.26 Å². The molecule has 0 atom stereocenters. The van der Waals surface area contributed by atoms with Crippen molar-refractivity contribution in [1.82, 2.24) is 9.78 Å². The predicted molar refractivity (Wildman–Crippen MR) is 68.2 cm³/mol. The van der Waals surface area contributed by atoms with Gasteiger partial charge in [-0.1, -0.05) is 0 Å². The molecule has 0 aliphatic heterocycles. The molecule has 0 saturated heterocycles. The third-order valence-electron chi connectivity index (χ3n) is 2.86. The molecule has 0 aromatic carbocycles. The number of nitrogens with zero attached hydrogens (tertiary/aromatic N) is 3. The van der Waals surface area contributed by atoms with Crippen LogP contribution in [0.4, 0.5) is 5.82 Å². The van der Waals surface area contributed by atoms with Crippen LogP contribution in [-0.2, 0) is 19.4 Å². The topological polar surface area (TPSA) is 67.6 Å². The van der Waals surface area contributed by atoms with Gasteiger partial charge in [0.25, 0.3) is 0 Å². The Labute approximate surface area is 118 Å². The molecule has 1 aromatic heterocycles. The van der Waals surface area contributed by atoms with Crippen LogP contribution in [0.2, 0.25) is 0 Å². The molecule has 0 saturated carbocycles. The Kier molecular flexibility index (Phi) is 4.81. The number of rotatable bonds is 3. The summed E-state index contributed by atoms with van der Waals surface area (Å²) in [4.78, 5) is 0. The van der Waals surface area contributed by atoms with Crippen LogP contribution in [-0.4, -0.2) is 13.8 Å². The molecule has 18 heavy (non-hydrogen) atoms. The molecule has 0 unspecified atom stereocenters. The molecule has 0 spiro atoms. The summed E-state index contributed by atoms with van der Waals surface area (Å²) >= 11 is 1.25. The summed E-state index contributed by atoms with van der Waals surface area (Å²) in [5, 5.41) is 13.0. The Morgan fingerprint density at radius 1 is 1.44 bits per heavy atom. The van der Waals surface area contributed by atoms with E-state index in [1.807, 2.05) is 26.8 Å². The third kappa shape index (κ3) is 2.86. The van der Waals surface area contributed by atoms with Crippen LogP contribution in [0.5, 0.6) is 0 Å². The van der Waals surface area contributed by atoms with Crippen LogP contribution in [0.15, 0.2) is 22.8 Å². The van der Waals surface area contributed by atoms with E-state index in [4.69, 9.17) is 11.0 Å². The van der Waals surface area contributed by atoms with Crippen molar-refractivity contribution in [3.63, 3.8) is 0 Å². The summed E-state index contributed by atoms with van der Waals surface area (Å²) in [5.41, 5.74) is 9.59. The average Bonchev–Trinajstić information content (AvgIpc) is 2.76. The first kappa shape index (κ1) is 14.6. The van der Waals surface area contributed by atoms with E-state index in [0.717, 1.165) is 20.7 Å². The molecule has 0 aliphatic carbocycles. The number of hydrogen-bond donors (Lipinski definition) is 1. The van der Waals surface area contributed by atoms with Crippen LogP contribution in [0.25, 0.3) is 0 Å². The fourth-order valence-electron chi connectivity index (χ4n) is 1.40. The molecule has 0 bridgehead atoms. The molecule has 2 N–H and O–H groups in total. The first-order chi connectivity index (χ1) is 8.42. The summed E-state index contributed by atoms with van der Waals surface area (Å²) in [6, 6.07) is 3.58. The van der Waals surface area contributed by atoms with E-state index in [1.54, 1.807) is 10.7 Å². The minimum atomic E-state index is 0.339. The quantitative estimate of drug-likeness (QED) is 0.611. The van der Waals surface area contributed by atoms with Crippen LogP contribution >= 0.6 is 0 Å². The number of nitrogens with two attached hydrogens (primary N) is 1. The van der Waals surface area contributed by atoms with Crippen LogP contribution in [0.1, 0.15) is 33.4 Å². The van der Waals surface area contributed by atoms with E-state index in [0.29, 0.717) is 11.5 Å². The monoisotopic (exact) mass is 411 g/mol. The molecule has 0 amide bonds. The maximum absolute atomic E-state index is 8.82. The van der Waals surface area contributed by atoms with Gasteiger partial charge >= 0.3 is 118 Å². The molecule has 1 heterocycles. The van der Waals surface area contributed by atoms with Crippen LogP contribution in [0.3, 0.4) is 0 Å². The van der Waals surface area contributed by atoms with Crippen LogP contribution < -0.4 is 5.73 Å². The Bertz CT molecular complexity index is 585. The SMILES string of the molecule is C[C-]=C(C)/C(C)=C(/C)[C](=[W])n1nc(C#N)cc1N. The van der Waals surface area contributed by atoms with E-state index < -0.39 is 0 Å². The second-order valence-corrected chi connectivity index (χ2v) is 5.30. The Morgan fingerprint density at radius 2 is 2.06 bits per heavy atom. The first-order valence-electron chi connectivity index (χ1n) is 5.41. The van der Waals surface area contributed by atoms with E-state index in [2.05, 4.69) is 18.1 Å². The van der Waals surface area contributed by atoms with Crippen molar-refractivity contribution in [2.45, 2.75) is 27.7 Å². The molecule has 94 valence electrons. The number of nitrogen functional groups attached to an aromatic ring is 1. The van der Waals surface area contributed by atoms with Gasteiger partial charge in [0, 0.05) is 0 Å². The number of anilines is 1. The van der Waals surface area contributed by atoms with Gasteiger partial charge in [-0.15, -0.1) is 0 Å². The fraction of sp³-hybridized carbons (Fsp3) is 0.308. The molecular weight excluding hydrogens is 396 g/mol. The Morgan fingerprint density at radius 3 is 2.50 bits per heavy atom. The average molecular weight is 411 g/mol. The van der Waals surface area contributed by atoms with Gasteiger partial charge in [0.2, 0.25) is 0 Å². The number of nitriles is 1. The van der Waals surface area contributed by atoms with E-state index >= 15 is 0 Å². The van der Waals surface area contributed by atoms with Crippen molar-refractivity contribution in [3.05, 3.63) is 34.6 Å². The molecule has 1 aromatic rings.